The van der Waals surface area contributed by atoms with Crippen LogP contribution in [0, 0.1) is 17.3 Å². The second-order valence-corrected chi connectivity index (χ2v) is 8.45. The highest BCUT2D eigenvalue weighted by molar-refractivity contribution is 7.99. The monoisotopic (exact) mass is 301 g/mol. The molecule has 2 N–H and O–H groups in total. The van der Waals surface area contributed by atoms with Crippen LogP contribution in [0.3, 0.4) is 0 Å². The first kappa shape index (κ1) is 18.3. The van der Waals surface area contributed by atoms with Crippen molar-refractivity contribution in [3.05, 3.63) is 0 Å². The van der Waals surface area contributed by atoms with Crippen molar-refractivity contribution in [2.24, 2.45) is 17.3 Å². The van der Waals surface area contributed by atoms with Crippen molar-refractivity contribution < 1.29 is 5.11 Å². The van der Waals surface area contributed by atoms with E-state index in [9.17, 15) is 5.11 Å². The first-order valence-electron chi connectivity index (χ1n) is 8.40. The lowest BCUT2D eigenvalue weighted by atomic mass is 9.68. The lowest BCUT2D eigenvalue weighted by Crippen LogP contribution is -2.45. The van der Waals surface area contributed by atoms with Gasteiger partial charge in [0, 0.05) is 17.9 Å². The van der Waals surface area contributed by atoms with Gasteiger partial charge in [0.2, 0.25) is 0 Å². The minimum atomic E-state index is 0.315. The van der Waals surface area contributed by atoms with Crippen LogP contribution < -0.4 is 5.32 Å². The van der Waals surface area contributed by atoms with Crippen molar-refractivity contribution in [2.45, 2.75) is 71.6 Å². The van der Waals surface area contributed by atoms with Crippen LogP contribution in [0.25, 0.3) is 0 Å². The number of hydrogen-bond donors (Lipinski definition) is 2. The quantitative estimate of drug-likeness (QED) is 0.712. The first-order valence-corrected chi connectivity index (χ1v) is 9.45. The Morgan fingerprint density at radius 3 is 2.55 bits per heavy atom. The van der Waals surface area contributed by atoms with E-state index in [1.54, 1.807) is 0 Å². The minimum absolute atomic E-state index is 0.315. The zero-order valence-corrected chi connectivity index (χ0v) is 14.9. The van der Waals surface area contributed by atoms with Gasteiger partial charge >= 0.3 is 0 Å². The molecule has 120 valence electrons. The van der Waals surface area contributed by atoms with Crippen LogP contribution in [-0.4, -0.2) is 35.3 Å². The summed E-state index contributed by atoms with van der Waals surface area (Å²) in [5.74, 6) is 2.36. The Balaban J connectivity index is 2.61. The third-order valence-corrected chi connectivity index (χ3v) is 6.89. The average Bonchev–Trinajstić information content (AvgIpc) is 2.45. The van der Waals surface area contributed by atoms with E-state index in [0.29, 0.717) is 29.2 Å². The summed E-state index contributed by atoms with van der Waals surface area (Å²) in [6.07, 6.45) is 5.29. The zero-order chi connectivity index (χ0) is 15.2. The van der Waals surface area contributed by atoms with Gasteiger partial charge in [-0.15, -0.1) is 0 Å². The van der Waals surface area contributed by atoms with Crippen molar-refractivity contribution in [1.82, 2.24) is 5.32 Å². The smallest absolute Gasteiger partial charge is 0.0464 e. The molecule has 0 heterocycles. The standard InChI is InChI=1S/C17H35NOS/c1-6-17(4,5)14-8-9-15(18-7-2)16(10-14)20-12-13(3)11-19/h13-16,18-19H,6-12H2,1-5H3. The average molecular weight is 302 g/mol. The van der Waals surface area contributed by atoms with E-state index >= 15 is 0 Å². The molecule has 1 aliphatic carbocycles. The Kier molecular flexibility index (Phi) is 7.92. The van der Waals surface area contributed by atoms with E-state index in [1.807, 2.05) is 0 Å². The molecule has 0 aromatic rings. The van der Waals surface area contributed by atoms with Gasteiger partial charge in [-0.1, -0.05) is 41.0 Å². The lowest BCUT2D eigenvalue weighted by molar-refractivity contribution is 0.141. The molecule has 0 radical (unpaired) electrons. The molecule has 0 amide bonds. The third-order valence-electron chi connectivity index (χ3n) is 5.18. The largest absolute Gasteiger partial charge is 0.396 e. The number of thioether (sulfide) groups is 1. The predicted molar refractivity (Wildman–Crippen MR) is 91.4 cm³/mol. The zero-order valence-electron chi connectivity index (χ0n) is 14.1. The summed E-state index contributed by atoms with van der Waals surface area (Å²) >= 11 is 2.09. The second-order valence-electron chi connectivity index (χ2n) is 7.18. The van der Waals surface area contributed by atoms with Crippen LogP contribution in [0.1, 0.15) is 60.3 Å². The molecule has 4 atom stereocenters. The maximum atomic E-state index is 9.22. The van der Waals surface area contributed by atoms with Crippen molar-refractivity contribution >= 4 is 11.8 Å². The van der Waals surface area contributed by atoms with Gasteiger partial charge in [0.1, 0.15) is 0 Å². The molecule has 0 bridgehead atoms. The van der Waals surface area contributed by atoms with Crippen LogP contribution in [0.5, 0.6) is 0 Å². The molecule has 0 aromatic carbocycles. The first-order chi connectivity index (χ1) is 9.44. The molecule has 0 spiro atoms. The van der Waals surface area contributed by atoms with Gasteiger partial charge in [-0.05, 0) is 48.8 Å². The Morgan fingerprint density at radius 2 is 2.00 bits per heavy atom. The summed E-state index contributed by atoms with van der Waals surface area (Å²) in [6, 6.07) is 0.666. The van der Waals surface area contributed by atoms with Crippen molar-refractivity contribution in [3.63, 3.8) is 0 Å². The number of aliphatic hydroxyl groups excluding tert-OH is 1. The van der Waals surface area contributed by atoms with Crippen LogP contribution in [-0.2, 0) is 0 Å². The number of aliphatic hydroxyl groups is 1. The molecule has 20 heavy (non-hydrogen) atoms. The fourth-order valence-corrected chi connectivity index (χ4v) is 4.66. The van der Waals surface area contributed by atoms with Crippen LogP contribution in [0.2, 0.25) is 0 Å². The van der Waals surface area contributed by atoms with Crippen LogP contribution >= 0.6 is 11.8 Å². The van der Waals surface area contributed by atoms with Crippen LogP contribution in [0.15, 0.2) is 0 Å². The molecule has 0 aliphatic heterocycles. The highest BCUT2D eigenvalue weighted by Crippen LogP contribution is 2.43. The molecule has 1 aliphatic rings. The molecule has 2 nitrogen and oxygen atoms in total. The molecule has 3 heteroatoms. The van der Waals surface area contributed by atoms with Gasteiger partial charge in [0.05, 0.1) is 0 Å². The molecule has 1 fully saturated rings. The van der Waals surface area contributed by atoms with E-state index < -0.39 is 0 Å². The Labute approximate surface area is 130 Å². The fourth-order valence-electron chi connectivity index (χ4n) is 3.15. The SMILES string of the molecule is CCNC1CCC(C(C)(C)CC)CC1SCC(C)CO. The molecule has 0 saturated heterocycles. The summed E-state index contributed by atoms with van der Waals surface area (Å²) in [6.45, 7) is 12.9. The van der Waals surface area contributed by atoms with Crippen molar-refractivity contribution in [3.8, 4) is 0 Å². The van der Waals surface area contributed by atoms with E-state index in [0.717, 1.165) is 18.2 Å². The molecule has 1 saturated carbocycles. The van der Waals surface area contributed by atoms with E-state index in [-0.39, 0.29) is 0 Å². The number of nitrogens with one attached hydrogen (secondary N) is 1. The Hall–Kier alpha value is 0.270. The Bertz CT molecular complexity index is 270. The third kappa shape index (κ3) is 5.23. The maximum Gasteiger partial charge on any atom is 0.0464 e. The van der Waals surface area contributed by atoms with Gasteiger partial charge in [0.25, 0.3) is 0 Å². The minimum Gasteiger partial charge on any atom is -0.396 e. The van der Waals surface area contributed by atoms with Gasteiger partial charge in [-0.3, -0.25) is 0 Å². The van der Waals surface area contributed by atoms with Gasteiger partial charge in [0.15, 0.2) is 0 Å². The predicted octanol–water partition coefficient (Wildman–Crippen LogP) is 3.93. The highest BCUT2D eigenvalue weighted by Gasteiger charge is 2.37. The van der Waals surface area contributed by atoms with E-state index in [1.165, 1.54) is 25.7 Å². The topological polar surface area (TPSA) is 32.3 Å². The van der Waals surface area contributed by atoms with Crippen molar-refractivity contribution in [2.75, 3.05) is 18.9 Å². The maximum absolute atomic E-state index is 9.22. The second kappa shape index (κ2) is 8.65. The summed E-state index contributed by atoms with van der Waals surface area (Å²) < 4.78 is 0. The number of rotatable bonds is 8. The molecular formula is C17H35NOS. The van der Waals surface area contributed by atoms with Gasteiger partial charge in [-0.2, -0.15) is 11.8 Å². The van der Waals surface area contributed by atoms with Gasteiger partial charge in [-0.25, -0.2) is 0 Å². The summed E-state index contributed by atoms with van der Waals surface area (Å²) in [5, 5.41) is 13.6. The molecule has 0 aromatic heterocycles. The Morgan fingerprint density at radius 1 is 1.30 bits per heavy atom. The highest BCUT2D eigenvalue weighted by atomic mass is 32.2. The van der Waals surface area contributed by atoms with Crippen LogP contribution in [0.4, 0.5) is 0 Å². The molecule has 1 rings (SSSR count). The summed E-state index contributed by atoms with van der Waals surface area (Å²) in [4.78, 5) is 0. The van der Waals surface area contributed by atoms with E-state index in [4.69, 9.17) is 0 Å². The molecule has 4 unspecified atom stereocenters. The summed E-state index contributed by atoms with van der Waals surface area (Å²) in [5.41, 5.74) is 0.471. The number of hydrogen-bond acceptors (Lipinski definition) is 3. The fraction of sp³-hybridized carbons (Fsp3) is 1.00. The van der Waals surface area contributed by atoms with Gasteiger partial charge < -0.3 is 10.4 Å². The van der Waals surface area contributed by atoms with E-state index in [2.05, 4.69) is 51.7 Å². The normalized spacial score (nSPS) is 29.4. The van der Waals surface area contributed by atoms with Crippen molar-refractivity contribution in [1.29, 1.82) is 0 Å². The lowest BCUT2D eigenvalue weighted by Gasteiger charge is -2.43. The molecular weight excluding hydrogens is 266 g/mol. The summed E-state index contributed by atoms with van der Waals surface area (Å²) in [7, 11) is 0.